The molecule has 2 rings (SSSR count). The van der Waals surface area contributed by atoms with Gasteiger partial charge in [-0.2, -0.15) is 0 Å². The lowest BCUT2D eigenvalue weighted by atomic mass is 9.89. The van der Waals surface area contributed by atoms with Gasteiger partial charge in [0.05, 0.1) is 0 Å². The molecule has 0 unspecified atom stereocenters. The largest absolute Gasteiger partial charge is 0.330 e. The van der Waals surface area contributed by atoms with Crippen molar-refractivity contribution in [3.8, 4) is 0 Å². The molecule has 0 spiro atoms. The maximum atomic E-state index is 12.0. The Morgan fingerprint density at radius 2 is 1.84 bits per heavy atom. The first-order valence-electron chi connectivity index (χ1n) is 6.49. The number of nitrogens with one attached hydrogen (secondary N) is 1. The maximum absolute atomic E-state index is 12.0. The number of rotatable bonds is 4. The number of nitrogens with two attached hydrogens (primary N) is 1. The first-order chi connectivity index (χ1) is 9.00. The molecule has 3 nitrogen and oxygen atoms in total. The highest BCUT2D eigenvalue weighted by Gasteiger charge is 2.20. The molecule has 0 aliphatic heterocycles. The zero-order chi connectivity index (χ0) is 13.9. The van der Waals surface area contributed by atoms with Gasteiger partial charge < -0.3 is 11.1 Å². The van der Waals surface area contributed by atoms with Crippen LogP contribution in [-0.4, -0.2) is 12.5 Å². The summed E-state index contributed by atoms with van der Waals surface area (Å²) in [6.45, 7) is 4.48. The molecule has 0 aliphatic rings. The van der Waals surface area contributed by atoms with Crippen LogP contribution in [0.5, 0.6) is 0 Å². The van der Waals surface area contributed by atoms with Crippen molar-refractivity contribution in [2.75, 3.05) is 11.9 Å². The summed E-state index contributed by atoms with van der Waals surface area (Å²) in [6, 6.07) is 14.0. The van der Waals surface area contributed by atoms with E-state index < -0.39 is 0 Å². The summed E-state index contributed by atoms with van der Waals surface area (Å²) in [6.07, 6.45) is 0.427. The van der Waals surface area contributed by atoms with Gasteiger partial charge in [-0.05, 0) is 34.9 Å². The number of carbonyl (C=O) groups excluding carboxylic acids is 1. The molecule has 3 N–H and O–H groups in total. The van der Waals surface area contributed by atoms with E-state index in [0.29, 0.717) is 13.0 Å². The number of fused-ring (bicyclic) bond motifs is 1. The van der Waals surface area contributed by atoms with Crippen LogP contribution in [0.25, 0.3) is 10.8 Å². The number of hydrogen-bond acceptors (Lipinski definition) is 2. The molecule has 0 aliphatic carbocycles. The van der Waals surface area contributed by atoms with Crippen LogP contribution in [0.1, 0.15) is 20.3 Å². The van der Waals surface area contributed by atoms with E-state index in [-0.39, 0.29) is 11.3 Å². The third kappa shape index (κ3) is 3.55. The quantitative estimate of drug-likeness (QED) is 0.883. The Hall–Kier alpha value is -1.87. The smallest absolute Gasteiger partial charge is 0.224 e. The van der Waals surface area contributed by atoms with Crippen molar-refractivity contribution in [1.29, 1.82) is 0 Å². The van der Waals surface area contributed by atoms with Gasteiger partial charge >= 0.3 is 0 Å². The first-order valence-corrected chi connectivity index (χ1v) is 6.49. The van der Waals surface area contributed by atoms with Crippen molar-refractivity contribution >= 4 is 22.4 Å². The van der Waals surface area contributed by atoms with Crippen LogP contribution in [0.15, 0.2) is 42.5 Å². The number of benzene rings is 2. The summed E-state index contributed by atoms with van der Waals surface area (Å²) in [4.78, 5) is 12.0. The van der Waals surface area contributed by atoms with Gasteiger partial charge in [-0.25, -0.2) is 0 Å². The van der Waals surface area contributed by atoms with E-state index in [0.717, 1.165) is 11.1 Å². The molecule has 100 valence electrons. The van der Waals surface area contributed by atoms with Crippen LogP contribution in [0, 0.1) is 5.41 Å². The van der Waals surface area contributed by atoms with Gasteiger partial charge in [0.25, 0.3) is 0 Å². The molecule has 0 atom stereocenters. The molecular weight excluding hydrogens is 236 g/mol. The van der Waals surface area contributed by atoms with Crippen molar-refractivity contribution in [3.63, 3.8) is 0 Å². The van der Waals surface area contributed by atoms with Crippen LogP contribution in [-0.2, 0) is 4.79 Å². The summed E-state index contributed by atoms with van der Waals surface area (Å²) in [5, 5.41) is 5.22. The molecule has 0 bridgehead atoms. The Kier molecular flexibility index (Phi) is 3.86. The lowest BCUT2D eigenvalue weighted by Crippen LogP contribution is -2.29. The SMILES string of the molecule is CC(C)(CN)CC(=O)Nc1ccc2ccccc2c1. The Morgan fingerprint density at radius 1 is 1.16 bits per heavy atom. The number of carbonyl (C=O) groups is 1. The van der Waals surface area contributed by atoms with Crippen LogP contribution in [0.3, 0.4) is 0 Å². The molecule has 0 fully saturated rings. The molecule has 0 saturated carbocycles. The molecule has 2 aromatic rings. The summed E-state index contributed by atoms with van der Waals surface area (Å²) >= 11 is 0. The zero-order valence-electron chi connectivity index (χ0n) is 11.4. The predicted octanol–water partition coefficient (Wildman–Crippen LogP) is 3.15. The molecule has 2 aromatic carbocycles. The highest BCUT2D eigenvalue weighted by Crippen LogP contribution is 2.21. The molecule has 0 aromatic heterocycles. The normalized spacial score (nSPS) is 11.5. The summed E-state index contributed by atoms with van der Waals surface area (Å²) < 4.78 is 0. The Bertz CT molecular complexity index is 590. The van der Waals surface area contributed by atoms with Gasteiger partial charge in [-0.1, -0.05) is 44.2 Å². The molecule has 0 saturated heterocycles. The van der Waals surface area contributed by atoms with Gasteiger partial charge in [0.15, 0.2) is 0 Å². The Morgan fingerprint density at radius 3 is 2.53 bits per heavy atom. The van der Waals surface area contributed by atoms with Gasteiger partial charge in [-0.15, -0.1) is 0 Å². The van der Waals surface area contributed by atoms with Gasteiger partial charge in [0, 0.05) is 12.1 Å². The lowest BCUT2D eigenvalue weighted by molar-refractivity contribution is -0.117. The van der Waals surface area contributed by atoms with E-state index >= 15 is 0 Å². The minimum atomic E-state index is -0.166. The predicted molar refractivity (Wildman–Crippen MR) is 80.0 cm³/mol. The van der Waals surface area contributed by atoms with Crippen molar-refractivity contribution in [2.24, 2.45) is 11.1 Å². The lowest BCUT2D eigenvalue weighted by Gasteiger charge is -2.21. The van der Waals surface area contributed by atoms with E-state index in [4.69, 9.17) is 5.73 Å². The van der Waals surface area contributed by atoms with Crippen molar-refractivity contribution < 1.29 is 4.79 Å². The Balaban J connectivity index is 2.11. The van der Waals surface area contributed by atoms with Crippen LogP contribution in [0.4, 0.5) is 5.69 Å². The highest BCUT2D eigenvalue weighted by molar-refractivity contribution is 5.94. The average molecular weight is 256 g/mol. The summed E-state index contributed by atoms with van der Waals surface area (Å²) in [5.41, 5.74) is 6.31. The van der Waals surface area contributed by atoms with E-state index in [1.54, 1.807) is 0 Å². The second-order valence-corrected chi connectivity index (χ2v) is 5.66. The molecule has 0 heterocycles. The van der Waals surface area contributed by atoms with Gasteiger partial charge in [0.2, 0.25) is 5.91 Å². The third-order valence-corrected chi connectivity index (χ3v) is 3.22. The van der Waals surface area contributed by atoms with Crippen molar-refractivity contribution in [3.05, 3.63) is 42.5 Å². The molecule has 19 heavy (non-hydrogen) atoms. The van der Waals surface area contributed by atoms with Crippen LogP contribution in [0.2, 0.25) is 0 Å². The fraction of sp³-hybridized carbons (Fsp3) is 0.312. The number of hydrogen-bond donors (Lipinski definition) is 2. The second-order valence-electron chi connectivity index (χ2n) is 5.66. The summed E-state index contributed by atoms with van der Waals surface area (Å²) in [7, 11) is 0. The highest BCUT2D eigenvalue weighted by atomic mass is 16.1. The standard InChI is InChI=1S/C16H20N2O/c1-16(2,11-17)10-15(19)18-14-8-7-12-5-3-4-6-13(12)9-14/h3-9H,10-11,17H2,1-2H3,(H,18,19). The van der Waals surface area contributed by atoms with Crippen molar-refractivity contribution in [1.82, 2.24) is 0 Å². The fourth-order valence-corrected chi connectivity index (χ4v) is 1.98. The fourth-order valence-electron chi connectivity index (χ4n) is 1.98. The van der Waals surface area contributed by atoms with Gasteiger partial charge in [0.1, 0.15) is 0 Å². The number of amides is 1. The van der Waals surface area contributed by atoms with Crippen LogP contribution < -0.4 is 11.1 Å². The van der Waals surface area contributed by atoms with Crippen molar-refractivity contribution in [2.45, 2.75) is 20.3 Å². The Labute approximate surface area is 113 Å². The maximum Gasteiger partial charge on any atom is 0.224 e. The number of anilines is 1. The monoisotopic (exact) mass is 256 g/mol. The topological polar surface area (TPSA) is 55.1 Å². The van der Waals surface area contributed by atoms with Crippen LogP contribution >= 0.6 is 0 Å². The zero-order valence-corrected chi connectivity index (χ0v) is 11.4. The molecule has 0 radical (unpaired) electrons. The second kappa shape index (κ2) is 5.41. The minimum absolute atomic E-state index is 0.00531. The third-order valence-electron chi connectivity index (χ3n) is 3.22. The van der Waals surface area contributed by atoms with E-state index in [2.05, 4.69) is 11.4 Å². The first kappa shape index (κ1) is 13.6. The molecular formula is C16H20N2O. The minimum Gasteiger partial charge on any atom is -0.330 e. The average Bonchev–Trinajstić information content (AvgIpc) is 2.38. The molecule has 1 amide bonds. The molecule has 3 heteroatoms. The van der Waals surface area contributed by atoms with Gasteiger partial charge in [-0.3, -0.25) is 4.79 Å². The van der Waals surface area contributed by atoms with E-state index in [1.807, 2.05) is 50.2 Å². The summed E-state index contributed by atoms with van der Waals surface area (Å²) in [5.74, 6) is 0.00531. The van der Waals surface area contributed by atoms with E-state index in [9.17, 15) is 4.79 Å². The van der Waals surface area contributed by atoms with E-state index in [1.165, 1.54) is 5.39 Å².